The molecule has 2 N–H and O–H groups in total. The summed E-state index contributed by atoms with van der Waals surface area (Å²) in [7, 11) is 2.13. The summed E-state index contributed by atoms with van der Waals surface area (Å²) in [4.78, 5) is 6.80. The van der Waals surface area contributed by atoms with Crippen molar-refractivity contribution in [1.29, 1.82) is 0 Å². The number of halogens is 1. The maximum Gasteiger partial charge on any atom is 0.155 e. The zero-order valence-corrected chi connectivity index (χ0v) is 10.5. The van der Waals surface area contributed by atoms with E-state index in [1.54, 1.807) is 0 Å². The highest BCUT2D eigenvalue weighted by Gasteiger charge is 2.25. The Bertz CT molecular complexity index is 563. The first-order chi connectivity index (χ1) is 8.15. The molecule has 1 aliphatic rings. The molecular formula is C12H15ClN4. The molecule has 1 fully saturated rings. The number of likely N-dealkylation sites (tertiary alicyclic amines) is 1. The van der Waals surface area contributed by atoms with Crippen molar-refractivity contribution in [3.63, 3.8) is 0 Å². The number of nitrogens with zero attached hydrogens (tertiary/aromatic N) is 3. The molecule has 1 saturated heterocycles. The lowest BCUT2D eigenvalue weighted by Gasteiger charge is -2.09. The first-order valence-corrected chi connectivity index (χ1v) is 6.14. The van der Waals surface area contributed by atoms with Crippen LogP contribution >= 0.6 is 11.6 Å². The number of aromatic nitrogens is 2. The van der Waals surface area contributed by atoms with Gasteiger partial charge in [0.05, 0.1) is 5.52 Å². The van der Waals surface area contributed by atoms with Crippen molar-refractivity contribution in [2.45, 2.75) is 12.3 Å². The van der Waals surface area contributed by atoms with E-state index in [1.165, 1.54) is 0 Å². The van der Waals surface area contributed by atoms with Gasteiger partial charge in [0.25, 0.3) is 0 Å². The molecule has 5 heteroatoms. The Morgan fingerprint density at radius 2 is 2.29 bits per heavy atom. The maximum absolute atomic E-state index is 6.16. The number of anilines is 1. The van der Waals surface area contributed by atoms with Crippen molar-refractivity contribution in [3.05, 3.63) is 29.3 Å². The third kappa shape index (κ3) is 1.77. The van der Waals surface area contributed by atoms with E-state index < -0.39 is 0 Å². The molecule has 0 saturated carbocycles. The first kappa shape index (κ1) is 10.9. The van der Waals surface area contributed by atoms with Gasteiger partial charge in [-0.05, 0) is 32.1 Å². The number of nitrogens with two attached hydrogens (primary N) is 1. The van der Waals surface area contributed by atoms with Gasteiger partial charge >= 0.3 is 0 Å². The summed E-state index contributed by atoms with van der Waals surface area (Å²) in [5.74, 6) is 1.48. The van der Waals surface area contributed by atoms with Crippen molar-refractivity contribution < 1.29 is 0 Å². The van der Waals surface area contributed by atoms with Crippen LogP contribution in [0.5, 0.6) is 0 Å². The minimum atomic E-state index is 0.446. The third-order valence-corrected chi connectivity index (χ3v) is 3.68. The van der Waals surface area contributed by atoms with Crippen LogP contribution in [-0.2, 0) is 0 Å². The highest BCUT2D eigenvalue weighted by atomic mass is 35.5. The average Bonchev–Trinajstić information content (AvgIpc) is 2.83. The van der Waals surface area contributed by atoms with E-state index in [4.69, 9.17) is 17.3 Å². The van der Waals surface area contributed by atoms with Crippen LogP contribution in [0.3, 0.4) is 0 Å². The number of pyridine rings is 1. The molecule has 0 aromatic carbocycles. The quantitative estimate of drug-likeness (QED) is 0.842. The number of hydrogen-bond acceptors (Lipinski definition) is 3. The molecule has 0 aliphatic carbocycles. The van der Waals surface area contributed by atoms with Gasteiger partial charge in [-0.2, -0.15) is 0 Å². The van der Waals surface area contributed by atoms with E-state index >= 15 is 0 Å². The lowest BCUT2D eigenvalue weighted by atomic mass is 10.1. The molecule has 17 heavy (non-hydrogen) atoms. The molecule has 3 heterocycles. The Kier molecular flexibility index (Phi) is 2.49. The standard InChI is InChI=1S/C12H15ClN4/c1-16-5-4-8(6-16)12-15-11(13)10-3-2-9(14)7-17(10)12/h2-3,7-8H,4-6,14H2,1H3. The molecule has 2 aromatic heterocycles. The minimum absolute atomic E-state index is 0.446. The molecule has 0 bridgehead atoms. The number of likely N-dealkylation sites (N-methyl/N-ethyl adjacent to an activating group) is 1. The third-order valence-electron chi connectivity index (χ3n) is 3.40. The number of imidazole rings is 1. The van der Waals surface area contributed by atoms with Gasteiger partial charge in [-0.3, -0.25) is 4.40 Å². The van der Waals surface area contributed by atoms with Crippen molar-refractivity contribution in [3.8, 4) is 0 Å². The number of hydrogen-bond donors (Lipinski definition) is 1. The van der Waals surface area contributed by atoms with E-state index in [-0.39, 0.29) is 0 Å². The van der Waals surface area contributed by atoms with Crippen LogP contribution in [0.1, 0.15) is 18.2 Å². The van der Waals surface area contributed by atoms with Crippen molar-refractivity contribution in [2.24, 2.45) is 0 Å². The van der Waals surface area contributed by atoms with Crippen molar-refractivity contribution >= 4 is 22.8 Å². The number of fused-ring (bicyclic) bond motifs is 1. The summed E-state index contributed by atoms with van der Waals surface area (Å²) < 4.78 is 2.03. The fourth-order valence-corrected chi connectivity index (χ4v) is 2.76. The predicted octanol–water partition coefficient (Wildman–Crippen LogP) is 1.99. The second-order valence-electron chi connectivity index (χ2n) is 4.73. The van der Waals surface area contributed by atoms with Crippen LogP contribution < -0.4 is 5.73 Å². The molecule has 3 rings (SSSR count). The van der Waals surface area contributed by atoms with Crippen molar-refractivity contribution in [1.82, 2.24) is 14.3 Å². The van der Waals surface area contributed by atoms with Crippen LogP contribution in [0.25, 0.3) is 5.52 Å². The SMILES string of the molecule is CN1CCC(c2nc(Cl)c3ccc(N)cn23)C1. The predicted molar refractivity (Wildman–Crippen MR) is 69.5 cm³/mol. The molecule has 2 aromatic rings. The van der Waals surface area contributed by atoms with Crippen LogP contribution in [0, 0.1) is 0 Å². The Morgan fingerprint density at radius 1 is 1.47 bits per heavy atom. The Morgan fingerprint density at radius 3 is 3.00 bits per heavy atom. The molecule has 0 spiro atoms. The molecule has 0 radical (unpaired) electrons. The second-order valence-corrected chi connectivity index (χ2v) is 5.08. The summed E-state index contributed by atoms with van der Waals surface area (Å²) in [5, 5.41) is 0.564. The molecule has 1 unspecified atom stereocenters. The van der Waals surface area contributed by atoms with Crippen LogP contribution in [0.15, 0.2) is 18.3 Å². The minimum Gasteiger partial charge on any atom is -0.398 e. The molecule has 1 atom stereocenters. The highest BCUT2D eigenvalue weighted by molar-refractivity contribution is 6.32. The van der Waals surface area contributed by atoms with Gasteiger partial charge < -0.3 is 10.6 Å². The fourth-order valence-electron chi connectivity index (χ4n) is 2.52. The van der Waals surface area contributed by atoms with Crippen LogP contribution in [-0.4, -0.2) is 34.4 Å². The summed E-state index contributed by atoms with van der Waals surface area (Å²) in [5.41, 5.74) is 7.50. The lowest BCUT2D eigenvalue weighted by molar-refractivity contribution is 0.409. The Hall–Kier alpha value is -1.26. The first-order valence-electron chi connectivity index (χ1n) is 5.76. The summed E-state index contributed by atoms with van der Waals surface area (Å²) in [6, 6.07) is 3.78. The molecular weight excluding hydrogens is 236 g/mol. The average molecular weight is 251 g/mol. The Balaban J connectivity index is 2.13. The van der Waals surface area contributed by atoms with Gasteiger partial charge in [0.1, 0.15) is 5.82 Å². The van der Waals surface area contributed by atoms with E-state index in [9.17, 15) is 0 Å². The topological polar surface area (TPSA) is 46.6 Å². The zero-order chi connectivity index (χ0) is 12.0. The molecule has 90 valence electrons. The molecule has 4 nitrogen and oxygen atoms in total. The smallest absolute Gasteiger partial charge is 0.155 e. The van der Waals surface area contributed by atoms with Gasteiger partial charge in [0.2, 0.25) is 0 Å². The van der Waals surface area contributed by atoms with Crippen molar-refractivity contribution in [2.75, 3.05) is 25.9 Å². The van der Waals surface area contributed by atoms with Gasteiger partial charge in [0, 0.05) is 24.3 Å². The molecule has 1 aliphatic heterocycles. The van der Waals surface area contributed by atoms with E-state index in [0.717, 1.165) is 36.5 Å². The van der Waals surface area contributed by atoms with E-state index in [1.807, 2.05) is 22.7 Å². The second kappa shape index (κ2) is 3.89. The zero-order valence-electron chi connectivity index (χ0n) is 9.73. The van der Waals surface area contributed by atoms with Gasteiger partial charge in [0.15, 0.2) is 5.15 Å². The van der Waals surface area contributed by atoms with E-state index in [2.05, 4.69) is 16.9 Å². The lowest BCUT2D eigenvalue weighted by Crippen LogP contribution is -2.14. The van der Waals surface area contributed by atoms with Crippen LogP contribution in [0.2, 0.25) is 5.15 Å². The van der Waals surface area contributed by atoms with Gasteiger partial charge in [-0.1, -0.05) is 11.6 Å². The van der Waals surface area contributed by atoms with Gasteiger partial charge in [-0.25, -0.2) is 4.98 Å². The van der Waals surface area contributed by atoms with E-state index in [0.29, 0.717) is 11.1 Å². The molecule has 0 amide bonds. The van der Waals surface area contributed by atoms with Gasteiger partial charge in [-0.15, -0.1) is 0 Å². The normalized spacial score (nSPS) is 21.4. The largest absolute Gasteiger partial charge is 0.398 e. The summed E-state index contributed by atoms with van der Waals surface area (Å²) in [6.07, 6.45) is 3.03. The Labute approximate surface area is 105 Å². The summed E-state index contributed by atoms with van der Waals surface area (Å²) >= 11 is 6.16. The highest BCUT2D eigenvalue weighted by Crippen LogP contribution is 2.29. The summed E-state index contributed by atoms with van der Waals surface area (Å²) in [6.45, 7) is 2.14. The number of nitrogen functional groups attached to an aromatic ring is 1. The monoisotopic (exact) mass is 250 g/mol. The maximum atomic E-state index is 6.16. The van der Waals surface area contributed by atoms with Crippen LogP contribution in [0.4, 0.5) is 5.69 Å². The number of rotatable bonds is 1. The fraction of sp³-hybridized carbons (Fsp3) is 0.417.